The summed E-state index contributed by atoms with van der Waals surface area (Å²) in [5, 5.41) is 1.92. The van der Waals surface area contributed by atoms with Crippen molar-refractivity contribution in [2.24, 2.45) is 0 Å². The van der Waals surface area contributed by atoms with Crippen molar-refractivity contribution in [3.8, 4) is 11.3 Å². The lowest BCUT2D eigenvalue weighted by Gasteiger charge is -2.09. The van der Waals surface area contributed by atoms with Crippen LogP contribution in [0.4, 0.5) is 0 Å². The molecule has 2 nitrogen and oxygen atoms in total. The Morgan fingerprint density at radius 1 is 1.07 bits per heavy atom. The van der Waals surface area contributed by atoms with Gasteiger partial charge in [-0.3, -0.25) is 0 Å². The lowest BCUT2D eigenvalue weighted by Crippen LogP contribution is -2.24. The first-order chi connectivity index (χ1) is 17.3. The third kappa shape index (κ3) is 1.83. The molecular formula is C25H21N2+. The van der Waals surface area contributed by atoms with Gasteiger partial charge in [0.2, 0.25) is 0 Å². The Balaban J connectivity index is 2.00. The summed E-state index contributed by atoms with van der Waals surface area (Å²) in [6, 6.07) is 4.02. The molecule has 3 heterocycles. The molecule has 2 heteroatoms. The summed E-state index contributed by atoms with van der Waals surface area (Å²) in [4.78, 5) is 0. The molecule has 0 amide bonds. The average molecular weight is 360 g/mol. The molecule has 0 spiro atoms. The molecule has 3 aromatic carbocycles. The quantitative estimate of drug-likeness (QED) is 0.271. The SMILES string of the molecule is [2H]c1c([2H])c(C)c(-c2c([2H])n3c4c5c(cccc5c5c([2H])c(C)c([2H])c([2H])c5[n+]24)C3)c(C([2H])([2H])[2H])c1[2H]. The molecule has 5 aromatic rings. The van der Waals surface area contributed by atoms with Crippen molar-refractivity contribution in [1.29, 1.82) is 0 Å². The number of fused-ring (bicyclic) bond motifs is 3. The maximum atomic E-state index is 9.18. The smallest absolute Gasteiger partial charge is 0.225 e. The minimum Gasteiger partial charge on any atom is -0.225 e. The molecule has 27 heavy (non-hydrogen) atoms. The lowest BCUT2D eigenvalue weighted by atomic mass is 9.98. The van der Waals surface area contributed by atoms with Gasteiger partial charge in [-0.2, -0.15) is 4.40 Å². The van der Waals surface area contributed by atoms with Crippen LogP contribution in [0.3, 0.4) is 0 Å². The first kappa shape index (κ1) is 8.26. The minimum atomic E-state index is -2.81. The summed E-state index contributed by atoms with van der Waals surface area (Å²) in [6.45, 7) is 0.632. The molecule has 0 unspecified atom stereocenters. The molecule has 1 aliphatic heterocycles. The highest BCUT2D eigenvalue weighted by atomic mass is 15.1. The number of pyridine rings is 1. The van der Waals surface area contributed by atoms with Gasteiger partial charge in [-0.25, -0.2) is 4.57 Å². The highest BCUT2D eigenvalue weighted by Gasteiger charge is 2.31. The predicted molar refractivity (Wildman–Crippen MR) is 111 cm³/mol. The van der Waals surface area contributed by atoms with Gasteiger partial charge < -0.3 is 0 Å². The number of aromatic nitrogens is 2. The Hall–Kier alpha value is -3.13. The average Bonchev–Trinajstić information content (AvgIpc) is 3.36. The zero-order valence-corrected chi connectivity index (χ0v) is 14.8. The van der Waals surface area contributed by atoms with Crippen LogP contribution in [0.2, 0.25) is 0 Å². The van der Waals surface area contributed by atoms with Crippen LogP contribution in [-0.4, -0.2) is 4.57 Å². The molecule has 0 aliphatic carbocycles. The van der Waals surface area contributed by atoms with Gasteiger partial charge in [0.1, 0.15) is 19.6 Å². The number of rotatable bonds is 1. The lowest BCUT2D eigenvalue weighted by molar-refractivity contribution is -0.466. The molecule has 0 saturated heterocycles. The van der Waals surface area contributed by atoms with E-state index in [1.165, 1.54) is 6.92 Å². The van der Waals surface area contributed by atoms with E-state index in [0.717, 1.165) is 10.9 Å². The third-order valence-corrected chi connectivity index (χ3v) is 5.34. The molecule has 0 saturated carbocycles. The van der Waals surface area contributed by atoms with Gasteiger partial charge in [-0.05, 0) is 43.9 Å². The van der Waals surface area contributed by atoms with Crippen LogP contribution >= 0.6 is 0 Å². The number of benzene rings is 3. The van der Waals surface area contributed by atoms with Crippen LogP contribution in [-0.2, 0) is 6.54 Å². The van der Waals surface area contributed by atoms with E-state index < -0.39 is 24.5 Å². The Morgan fingerprint density at radius 3 is 2.85 bits per heavy atom. The predicted octanol–water partition coefficient (Wildman–Crippen LogP) is 5.49. The van der Waals surface area contributed by atoms with E-state index in [1.807, 2.05) is 18.2 Å². The van der Waals surface area contributed by atoms with Crippen LogP contribution in [0.5, 0.6) is 0 Å². The van der Waals surface area contributed by atoms with Crippen molar-refractivity contribution >= 4 is 27.3 Å². The van der Waals surface area contributed by atoms with Crippen LogP contribution < -0.4 is 4.40 Å². The van der Waals surface area contributed by atoms with Crippen LogP contribution in [0.1, 0.15) is 36.0 Å². The van der Waals surface area contributed by atoms with Gasteiger partial charge >= 0.3 is 0 Å². The minimum absolute atomic E-state index is 0.0113. The van der Waals surface area contributed by atoms with E-state index in [0.29, 0.717) is 28.5 Å². The highest BCUT2D eigenvalue weighted by molar-refractivity contribution is 6.11. The van der Waals surface area contributed by atoms with Crippen molar-refractivity contribution in [2.75, 3.05) is 0 Å². The highest BCUT2D eigenvalue weighted by Crippen LogP contribution is 2.37. The zero-order valence-electron chi connectivity index (χ0n) is 24.8. The standard InChI is InChI=1S/C25H21N2/c1-15-10-11-21-20(12-15)19-9-5-8-18-13-26-14-22(27(21)25(26)24(18)19)23-16(2)6-4-7-17(23)3/h4-12,14H,13H2,1-3H3/q+1/i2D3,4D,6D,7D,10D,11D,12D,14D. The van der Waals surface area contributed by atoms with Crippen molar-refractivity contribution in [1.82, 2.24) is 4.57 Å². The molecule has 0 fully saturated rings. The van der Waals surface area contributed by atoms with Crippen molar-refractivity contribution in [3.63, 3.8) is 0 Å². The molecule has 1 aliphatic rings. The number of hydrogen-bond acceptors (Lipinski definition) is 0. The van der Waals surface area contributed by atoms with Crippen molar-refractivity contribution in [2.45, 2.75) is 27.2 Å². The maximum absolute atomic E-state index is 9.18. The molecule has 0 N–H and O–H groups in total. The van der Waals surface area contributed by atoms with Gasteiger partial charge in [0.05, 0.1) is 13.6 Å². The van der Waals surface area contributed by atoms with Gasteiger partial charge in [-0.1, -0.05) is 47.9 Å². The van der Waals surface area contributed by atoms with E-state index in [9.17, 15) is 1.37 Å². The van der Waals surface area contributed by atoms with Crippen LogP contribution in [0, 0.1) is 20.7 Å². The van der Waals surface area contributed by atoms with Gasteiger partial charge in [0.25, 0.3) is 5.65 Å². The summed E-state index contributed by atoms with van der Waals surface area (Å²) < 4.78 is 88.4. The second kappa shape index (κ2) is 4.98. The second-order valence-electron chi connectivity index (χ2n) is 7.02. The van der Waals surface area contributed by atoms with E-state index in [4.69, 9.17) is 12.3 Å². The molecule has 0 bridgehead atoms. The van der Waals surface area contributed by atoms with E-state index in [2.05, 4.69) is 0 Å². The summed E-state index contributed by atoms with van der Waals surface area (Å²) in [7, 11) is 0. The first-order valence-corrected chi connectivity index (χ1v) is 8.78. The van der Waals surface area contributed by atoms with Crippen LogP contribution in [0.15, 0.2) is 60.6 Å². The molecule has 0 radical (unpaired) electrons. The zero-order chi connectivity index (χ0) is 26.9. The normalized spacial score (nSPS) is 18.6. The molecule has 130 valence electrons. The largest absolute Gasteiger partial charge is 0.295 e. The number of imidazole rings is 1. The summed E-state index contributed by atoms with van der Waals surface area (Å²) in [5.41, 5.74) is 1.79. The summed E-state index contributed by atoms with van der Waals surface area (Å²) in [5.74, 6) is 0. The first-order valence-electron chi connectivity index (χ1n) is 13.8. The van der Waals surface area contributed by atoms with Gasteiger partial charge in [0.15, 0.2) is 5.69 Å². The summed E-state index contributed by atoms with van der Waals surface area (Å²) in [6.07, 6.45) is -0.0619. The molecular weight excluding hydrogens is 328 g/mol. The van der Waals surface area contributed by atoms with E-state index >= 15 is 0 Å². The Morgan fingerprint density at radius 2 is 1.96 bits per heavy atom. The van der Waals surface area contributed by atoms with Crippen LogP contribution in [0.25, 0.3) is 38.6 Å². The summed E-state index contributed by atoms with van der Waals surface area (Å²) >= 11 is 0. The topological polar surface area (TPSA) is 9.03 Å². The van der Waals surface area contributed by atoms with Gasteiger partial charge in [-0.15, -0.1) is 0 Å². The Kier molecular flexibility index (Phi) is 1.52. The van der Waals surface area contributed by atoms with Crippen molar-refractivity contribution < 1.29 is 18.1 Å². The monoisotopic (exact) mass is 359 g/mol. The molecule has 2 aromatic heterocycles. The van der Waals surface area contributed by atoms with E-state index in [-0.39, 0.29) is 52.7 Å². The fraction of sp³-hybridized carbons (Fsp3) is 0.160. The van der Waals surface area contributed by atoms with E-state index in [1.54, 1.807) is 15.9 Å². The fourth-order valence-electron chi connectivity index (χ4n) is 4.23. The number of hydrogen-bond donors (Lipinski definition) is 0. The maximum Gasteiger partial charge on any atom is 0.295 e. The molecule has 0 atom stereocenters. The second-order valence-corrected chi connectivity index (χ2v) is 7.02. The Bertz CT molecular complexity index is 1880. The Labute approximate surface area is 172 Å². The third-order valence-electron chi connectivity index (χ3n) is 5.34. The number of nitrogens with zero attached hydrogens (tertiary/aromatic N) is 2. The van der Waals surface area contributed by atoms with Crippen molar-refractivity contribution in [3.05, 3.63) is 82.9 Å². The fourth-order valence-corrected chi connectivity index (χ4v) is 4.23. The molecule has 6 rings (SSSR count). The van der Waals surface area contributed by atoms with Gasteiger partial charge in [0, 0.05) is 26.0 Å².